The smallest absolute Gasteiger partial charge is 0.255 e. The Morgan fingerprint density at radius 2 is 2.19 bits per heavy atom. The average Bonchev–Trinajstić information content (AvgIpc) is 3.10. The monoisotopic (exact) mass is 220 g/mol. The first-order valence-corrected chi connectivity index (χ1v) is 5.51. The molecule has 1 fully saturated rings. The van der Waals surface area contributed by atoms with Gasteiger partial charge >= 0.3 is 0 Å². The number of phenols is 1. The number of benzene rings is 1. The fourth-order valence-corrected chi connectivity index (χ4v) is 1.78. The highest BCUT2D eigenvalue weighted by atomic mass is 16.3. The molecule has 0 bridgehead atoms. The summed E-state index contributed by atoms with van der Waals surface area (Å²) in [5.74, 6) is 0.270. The van der Waals surface area contributed by atoms with Crippen LogP contribution in [0.25, 0.3) is 0 Å². The van der Waals surface area contributed by atoms with Gasteiger partial charge in [-0.1, -0.05) is 12.1 Å². The van der Waals surface area contributed by atoms with Crippen LogP contribution in [0.1, 0.15) is 23.2 Å². The number of carbonyl (C=O) groups excluding carboxylic acids is 1. The summed E-state index contributed by atoms with van der Waals surface area (Å²) in [6.45, 7) is 0.448. The van der Waals surface area contributed by atoms with Crippen molar-refractivity contribution >= 4 is 5.91 Å². The third-order valence-electron chi connectivity index (χ3n) is 2.91. The molecule has 0 spiro atoms. The number of aromatic hydroxyl groups is 1. The third kappa shape index (κ3) is 2.33. The average molecular weight is 220 g/mol. The molecule has 0 aliphatic heterocycles. The van der Waals surface area contributed by atoms with Gasteiger partial charge in [0, 0.05) is 12.6 Å². The molecule has 0 saturated heterocycles. The summed E-state index contributed by atoms with van der Waals surface area (Å²) >= 11 is 0. The molecule has 0 radical (unpaired) electrons. The number of nitrogens with two attached hydrogens (primary N) is 1. The van der Waals surface area contributed by atoms with Crippen LogP contribution in [0.5, 0.6) is 5.75 Å². The Kier molecular flexibility index (Phi) is 3.10. The number of para-hydroxylation sites is 1. The van der Waals surface area contributed by atoms with E-state index in [0.717, 1.165) is 12.8 Å². The molecule has 4 heteroatoms. The molecule has 1 aromatic rings. The predicted octanol–water partition coefficient (Wildman–Crippen LogP) is 0.859. The zero-order chi connectivity index (χ0) is 11.5. The molecule has 1 unspecified atom stereocenters. The van der Waals surface area contributed by atoms with E-state index in [9.17, 15) is 9.90 Å². The molecule has 1 saturated carbocycles. The van der Waals surface area contributed by atoms with E-state index >= 15 is 0 Å². The Bertz CT molecular complexity index is 388. The van der Waals surface area contributed by atoms with Crippen LogP contribution >= 0.6 is 0 Å². The van der Waals surface area contributed by atoms with Crippen LogP contribution in [0.2, 0.25) is 0 Å². The highest BCUT2D eigenvalue weighted by Crippen LogP contribution is 2.32. The van der Waals surface area contributed by atoms with Crippen LogP contribution in [0.3, 0.4) is 0 Å². The van der Waals surface area contributed by atoms with Crippen molar-refractivity contribution in [2.45, 2.75) is 18.9 Å². The van der Waals surface area contributed by atoms with Gasteiger partial charge in [-0.3, -0.25) is 4.79 Å². The SMILES string of the molecule is NCC(NC(=O)c1ccccc1O)C1CC1. The number of amides is 1. The lowest BCUT2D eigenvalue weighted by Gasteiger charge is -2.16. The van der Waals surface area contributed by atoms with E-state index in [1.54, 1.807) is 18.2 Å². The standard InChI is InChI=1S/C12H16N2O2/c13-7-10(8-5-6-8)14-12(16)9-3-1-2-4-11(9)15/h1-4,8,10,15H,5-7,13H2,(H,14,16). The van der Waals surface area contributed by atoms with Gasteiger partial charge in [-0.05, 0) is 30.9 Å². The Morgan fingerprint density at radius 1 is 1.50 bits per heavy atom. The Labute approximate surface area is 94.5 Å². The van der Waals surface area contributed by atoms with Crippen LogP contribution < -0.4 is 11.1 Å². The summed E-state index contributed by atoms with van der Waals surface area (Å²) in [4.78, 5) is 11.8. The summed E-state index contributed by atoms with van der Waals surface area (Å²) in [6, 6.07) is 6.55. The summed E-state index contributed by atoms with van der Waals surface area (Å²) in [6.07, 6.45) is 2.26. The fraction of sp³-hybridized carbons (Fsp3) is 0.417. The fourth-order valence-electron chi connectivity index (χ4n) is 1.78. The van der Waals surface area contributed by atoms with Crippen molar-refractivity contribution in [1.29, 1.82) is 0 Å². The Morgan fingerprint density at radius 3 is 2.75 bits per heavy atom. The summed E-state index contributed by atoms with van der Waals surface area (Å²) in [7, 11) is 0. The maximum absolute atomic E-state index is 11.8. The molecular formula is C12H16N2O2. The third-order valence-corrected chi connectivity index (χ3v) is 2.91. The van der Waals surface area contributed by atoms with Crippen LogP contribution in [-0.4, -0.2) is 23.6 Å². The number of rotatable bonds is 4. The van der Waals surface area contributed by atoms with E-state index < -0.39 is 0 Å². The van der Waals surface area contributed by atoms with Crippen LogP contribution in [0.15, 0.2) is 24.3 Å². The zero-order valence-electron chi connectivity index (χ0n) is 9.02. The van der Waals surface area contributed by atoms with E-state index in [-0.39, 0.29) is 17.7 Å². The maximum Gasteiger partial charge on any atom is 0.255 e. The lowest BCUT2D eigenvalue weighted by molar-refractivity contribution is 0.0931. The van der Waals surface area contributed by atoms with Crippen molar-refractivity contribution in [3.63, 3.8) is 0 Å². The largest absolute Gasteiger partial charge is 0.507 e. The van der Waals surface area contributed by atoms with Crippen LogP contribution in [0, 0.1) is 5.92 Å². The lowest BCUT2D eigenvalue weighted by Crippen LogP contribution is -2.41. The van der Waals surface area contributed by atoms with Gasteiger partial charge in [-0.2, -0.15) is 0 Å². The van der Waals surface area contributed by atoms with Gasteiger partial charge in [-0.15, -0.1) is 0 Å². The minimum Gasteiger partial charge on any atom is -0.507 e. The summed E-state index contributed by atoms with van der Waals surface area (Å²) in [5.41, 5.74) is 5.91. The molecule has 0 heterocycles. The van der Waals surface area contributed by atoms with Crippen molar-refractivity contribution in [1.82, 2.24) is 5.32 Å². The minimum atomic E-state index is -0.250. The van der Waals surface area contributed by atoms with Gasteiger partial charge in [0.25, 0.3) is 5.91 Å². The summed E-state index contributed by atoms with van der Waals surface area (Å²) < 4.78 is 0. The highest BCUT2D eigenvalue weighted by Gasteiger charge is 2.31. The van der Waals surface area contributed by atoms with Gasteiger partial charge in [0.1, 0.15) is 5.75 Å². The van der Waals surface area contributed by atoms with Crippen molar-refractivity contribution in [2.24, 2.45) is 11.7 Å². The topological polar surface area (TPSA) is 75.3 Å². The molecule has 1 atom stereocenters. The molecule has 86 valence electrons. The molecule has 1 aliphatic rings. The van der Waals surface area contributed by atoms with Crippen molar-refractivity contribution in [2.75, 3.05) is 6.54 Å². The molecule has 4 N–H and O–H groups in total. The van der Waals surface area contributed by atoms with Gasteiger partial charge in [-0.25, -0.2) is 0 Å². The first-order valence-electron chi connectivity index (χ1n) is 5.51. The molecule has 4 nitrogen and oxygen atoms in total. The van der Waals surface area contributed by atoms with Gasteiger partial charge in [0.05, 0.1) is 5.56 Å². The lowest BCUT2D eigenvalue weighted by atomic mass is 10.1. The van der Waals surface area contributed by atoms with Crippen molar-refractivity contribution < 1.29 is 9.90 Å². The molecule has 1 aliphatic carbocycles. The van der Waals surface area contributed by atoms with Gasteiger partial charge in [0.15, 0.2) is 0 Å². The first-order chi connectivity index (χ1) is 7.72. The number of hydrogen-bond acceptors (Lipinski definition) is 3. The van der Waals surface area contributed by atoms with E-state index in [1.165, 1.54) is 6.07 Å². The van der Waals surface area contributed by atoms with E-state index in [2.05, 4.69) is 5.32 Å². The van der Waals surface area contributed by atoms with Crippen molar-refractivity contribution in [3.8, 4) is 5.75 Å². The number of nitrogens with one attached hydrogen (secondary N) is 1. The normalized spacial score (nSPS) is 16.8. The quantitative estimate of drug-likeness (QED) is 0.704. The van der Waals surface area contributed by atoms with Crippen LogP contribution in [-0.2, 0) is 0 Å². The Hall–Kier alpha value is -1.55. The second-order valence-electron chi connectivity index (χ2n) is 4.17. The second kappa shape index (κ2) is 4.53. The zero-order valence-corrected chi connectivity index (χ0v) is 9.02. The maximum atomic E-state index is 11.8. The molecule has 2 rings (SSSR count). The van der Waals surface area contributed by atoms with Crippen molar-refractivity contribution in [3.05, 3.63) is 29.8 Å². The van der Waals surface area contributed by atoms with Crippen LogP contribution in [0.4, 0.5) is 0 Å². The minimum absolute atomic E-state index is 0.00608. The van der Waals surface area contributed by atoms with Gasteiger partial charge < -0.3 is 16.2 Å². The number of hydrogen-bond donors (Lipinski definition) is 3. The predicted molar refractivity (Wildman–Crippen MR) is 61.1 cm³/mol. The molecule has 1 aromatic carbocycles. The molecule has 16 heavy (non-hydrogen) atoms. The molecular weight excluding hydrogens is 204 g/mol. The van der Waals surface area contributed by atoms with E-state index in [0.29, 0.717) is 18.0 Å². The molecule has 1 amide bonds. The molecule has 0 aromatic heterocycles. The first kappa shape index (κ1) is 11.0. The second-order valence-corrected chi connectivity index (χ2v) is 4.17. The van der Waals surface area contributed by atoms with E-state index in [1.807, 2.05) is 0 Å². The number of phenolic OH excluding ortho intramolecular Hbond substituents is 1. The highest BCUT2D eigenvalue weighted by molar-refractivity contribution is 5.96. The summed E-state index contributed by atoms with van der Waals surface area (Å²) in [5, 5.41) is 12.4. The Balaban J connectivity index is 2.04. The number of carbonyl (C=O) groups is 1. The van der Waals surface area contributed by atoms with E-state index in [4.69, 9.17) is 5.73 Å². The van der Waals surface area contributed by atoms with Gasteiger partial charge in [0.2, 0.25) is 0 Å².